The molecular weight excluding hydrogens is 251 g/mol. The van der Waals surface area contributed by atoms with E-state index in [1.165, 1.54) is 20.5 Å². The van der Waals surface area contributed by atoms with E-state index >= 15 is 0 Å². The molecule has 0 bridgehead atoms. The summed E-state index contributed by atoms with van der Waals surface area (Å²) in [5.41, 5.74) is 2.99. The molecule has 2 aromatic rings. The maximum atomic E-state index is 2.30. The molecule has 2 heterocycles. The van der Waals surface area contributed by atoms with Gasteiger partial charge in [0.05, 0.1) is 0 Å². The van der Waals surface area contributed by atoms with Crippen LogP contribution in [0.1, 0.15) is 11.1 Å². The van der Waals surface area contributed by atoms with Crippen LogP contribution in [-0.2, 0) is 0 Å². The predicted octanol–water partition coefficient (Wildman–Crippen LogP) is 2.96. The Bertz CT molecular complexity index is 411. The molecule has 0 aliphatic carbocycles. The van der Waals surface area contributed by atoms with Crippen molar-refractivity contribution in [3.05, 3.63) is 16.5 Å². The van der Waals surface area contributed by atoms with Crippen molar-refractivity contribution in [2.24, 2.45) is 0 Å². The van der Waals surface area contributed by atoms with Gasteiger partial charge in [-0.25, -0.2) is 0 Å². The van der Waals surface area contributed by atoms with Gasteiger partial charge in [0.2, 0.25) is 0 Å². The first-order chi connectivity index (χ1) is 5.74. The molecule has 0 fully saturated rings. The Morgan fingerprint density at radius 3 is 2.58 bits per heavy atom. The van der Waals surface area contributed by atoms with E-state index in [1.807, 2.05) is 22.7 Å². The quantitative estimate of drug-likeness (QED) is 0.692. The van der Waals surface area contributed by atoms with Crippen LogP contribution in [0.5, 0.6) is 0 Å². The Labute approximate surface area is 86.8 Å². The summed E-state index contributed by atoms with van der Waals surface area (Å²) in [5.74, 6) is 2.30. The molecule has 0 nitrogen and oxygen atoms in total. The van der Waals surface area contributed by atoms with Crippen molar-refractivity contribution in [3.63, 3.8) is 0 Å². The number of thiophene rings is 2. The topological polar surface area (TPSA) is 0 Å². The minimum absolute atomic E-state index is 0.667. The fraction of sp³-hybridized carbons (Fsp3) is 0.333. The van der Waals surface area contributed by atoms with Crippen LogP contribution in [0.25, 0.3) is 9.40 Å². The van der Waals surface area contributed by atoms with Crippen molar-refractivity contribution in [2.45, 2.75) is 19.7 Å². The Hall–Kier alpha value is 0.179. The molecule has 0 amide bonds. The van der Waals surface area contributed by atoms with Gasteiger partial charge in [0.1, 0.15) is 0 Å². The summed E-state index contributed by atoms with van der Waals surface area (Å²) in [7, 11) is 0. The van der Waals surface area contributed by atoms with E-state index in [4.69, 9.17) is 0 Å². The fourth-order valence-electron chi connectivity index (χ4n) is 1.28. The zero-order valence-corrected chi connectivity index (χ0v) is 10.6. The fourth-order valence-corrected chi connectivity index (χ4v) is 5.68. The molecule has 0 unspecified atom stereocenters. The Balaban J connectivity index is 2.79. The van der Waals surface area contributed by atoms with Crippen LogP contribution in [0.2, 0.25) is 5.82 Å². The van der Waals surface area contributed by atoms with Gasteiger partial charge >= 0.3 is 87.0 Å². The summed E-state index contributed by atoms with van der Waals surface area (Å²) in [6, 6.07) is 0. The summed E-state index contributed by atoms with van der Waals surface area (Å²) in [4.78, 5) is 0. The van der Waals surface area contributed by atoms with E-state index in [9.17, 15) is 0 Å². The van der Waals surface area contributed by atoms with Crippen LogP contribution >= 0.6 is 22.7 Å². The van der Waals surface area contributed by atoms with Crippen molar-refractivity contribution in [1.29, 1.82) is 0 Å². The van der Waals surface area contributed by atoms with Crippen LogP contribution in [0.15, 0.2) is 5.38 Å². The van der Waals surface area contributed by atoms with Gasteiger partial charge in [-0.05, 0) is 0 Å². The number of hydrogen-bond donors (Lipinski definition) is 0. The molecule has 0 aromatic carbocycles. The van der Waals surface area contributed by atoms with Crippen molar-refractivity contribution in [3.8, 4) is 0 Å². The van der Waals surface area contributed by atoms with Crippen LogP contribution < -0.4 is 3.78 Å². The average Bonchev–Trinajstić information content (AvgIpc) is 2.55. The van der Waals surface area contributed by atoms with Gasteiger partial charge in [-0.15, -0.1) is 0 Å². The van der Waals surface area contributed by atoms with Crippen LogP contribution in [0.3, 0.4) is 0 Å². The van der Waals surface area contributed by atoms with Crippen LogP contribution in [-0.4, -0.2) is 15.0 Å². The van der Waals surface area contributed by atoms with Gasteiger partial charge in [-0.2, -0.15) is 0 Å². The third-order valence-corrected chi connectivity index (χ3v) is 7.32. The van der Waals surface area contributed by atoms with Gasteiger partial charge in [0.15, 0.2) is 0 Å². The Morgan fingerprint density at radius 2 is 2.00 bits per heavy atom. The van der Waals surface area contributed by atoms with Gasteiger partial charge < -0.3 is 0 Å². The molecule has 0 atom stereocenters. The monoisotopic (exact) mass is 262 g/mol. The van der Waals surface area contributed by atoms with Crippen molar-refractivity contribution in [1.82, 2.24) is 0 Å². The SMILES string of the molecule is C[Se]c1sc2c(C)csc2c1C. The second-order valence-electron chi connectivity index (χ2n) is 2.80. The van der Waals surface area contributed by atoms with E-state index in [0.29, 0.717) is 15.0 Å². The molecule has 0 saturated heterocycles. The summed E-state index contributed by atoms with van der Waals surface area (Å²) >= 11 is 4.56. The van der Waals surface area contributed by atoms with Gasteiger partial charge in [0, 0.05) is 0 Å². The van der Waals surface area contributed by atoms with E-state index in [2.05, 4.69) is 25.0 Å². The maximum absolute atomic E-state index is 2.30. The zero-order chi connectivity index (χ0) is 8.72. The van der Waals surface area contributed by atoms with Crippen LogP contribution in [0.4, 0.5) is 0 Å². The summed E-state index contributed by atoms with van der Waals surface area (Å²) in [6.45, 7) is 4.47. The third kappa shape index (κ3) is 1.16. The molecule has 0 spiro atoms. The standard InChI is InChI=1S/C9H10S2Se/c1-5-4-10-8-6(2)9(12-3)11-7(5)8/h4H,1-3H3. The van der Waals surface area contributed by atoms with Crippen molar-refractivity contribution < 1.29 is 0 Å². The van der Waals surface area contributed by atoms with E-state index < -0.39 is 0 Å². The molecule has 0 aliphatic heterocycles. The number of rotatable bonds is 1. The predicted molar refractivity (Wildman–Crippen MR) is 60.4 cm³/mol. The zero-order valence-electron chi connectivity index (χ0n) is 7.30. The molecule has 12 heavy (non-hydrogen) atoms. The average molecular weight is 261 g/mol. The number of fused-ring (bicyclic) bond motifs is 1. The first-order valence-electron chi connectivity index (χ1n) is 3.75. The molecule has 64 valence electrons. The molecule has 0 N–H and O–H groups in total. The molecular formula is C9H10S2Se. The van der Waals surface area contributed by atoms with E-state index in [1.54, 1.807) is 3.78 Å². The molecule has 0 radical (unpaired) electrons. The van der Waals surface area contributed by atoms with E-state index in [-0.39, 0.29) is 0 Å². The molecule has 2 rings (SSSR count). The molecule has 0 saturated carbocycles. The minimum atomic E-state index is 0.667. The van der Waals surface area contributed by atoms with Gasteiger partial charge in [-0.1, -0.05) is 0 Å². The first-order valence-corrected chi connectivity index (χ1v) is 8.01. The Kier molecular flexibility index (Phi) is 2.30. The van der Waals surface area contributed by atoms with Crippen LogP contribution in [0, 0.1) is 13.8 Å². The van der Waals surface area contributed by atoms with Crippen molar-refractivity contribution in [2.75, 3.05) is 0 Å². The second-order valence-corrected chi connectivity index (χ2v) is 6.99. The number of aryl methyl sites for hydroxylation is 2. The summed E-state index contributed by atoms with van der Waals surface area (Å²) in [5, 5.41) is 2.26. The summed E-state index contributed by atoms with van der Waals surface area (Å²) in [6.07, 6.45) is 0. The second kappa shape index (κ2) is 3.15. The van der Waals surface area contributed by atoms with E-state index in [0.717, 1.165) is 0 Å². The Morgan fingerprint density at radius 1 is 1.25 bits per heavy atom. The molecule has 3 heteroatoms. The van der Waals surface area contributed by atoms with Crippen molar-refractivity contribution >= 4 is 50.8 Å². The molecule has 2 aromatic heterocycles. The molecule has 0 aliphatic rings. The van der Waals surface area contributed by atoms with Gasteiger partial charge in [-0.3, -0.25) is 0 Å². The normalized spacial score (nSPS) is 11.2. The van der Waals surface area contributed by atoms with Gasteiger partial charge in [0.25, 0.3) is 0 Å². The number of hydrogen-bond acceptors (Lipinski definition) is 2. The summed E-state index contributed by atoms with van der Waals surface area (Å²) < 4.78 is 4.67. The third-order valence-electron chi connectivity index (χ3n) is 1.94. The first kappa shape index (κ1) is 8.76.